The van der Waals surface area contributed by atoms with Gasteiger partial charge in [-0.3, -0.25) is 19.3 Å². The summed E-state index contributed by atoms with van der Waals surface area (Å²) < 4.78 is 0. The zero-order chi connectivity index (χ0) is 25.4. The largest absolute Gasteiger partial charge is 0.383 e. The zero-order valence-electron chi connectivity index (χ0n) is 20.8. The molecule has 3 atom stereocenters. The standard InChI is InChI=1S/C25H36N6O3S.3H2/c1-4-27-23(33)20(14-26)25-31(5-2)24(34)21(35-25)15-28-18-7-6-8-19(13-18)29-22(32)16-30-11-9-17(3)10-12-30;;;/h6-8,13,17,20-21,25,28H,4-5,9-12,15-16H2,1-3H3,(H,27,33)(H,29,32);3*1H/t20?,21?,25-;;;/m0.../s1. The second-order valence-electron chi connectivity index (χ2n) is 9.11. The van der Waals surface area contributed by atoms with E-state index in [9.17, 15) is 19.6 Å². The lowest BCUT2D eigenvalue weighted by atomic mass is 9.99. The fourth-order valence-corrected chi connectivity index (χ4v) is 5.93. The SMILES string of the molecule is CCNC(=O)C(C#N)[C@@H]1SC(CNc2cccc(NC(=O)CN3CCC(C)CC3)c2)C(=O)N1CC.[HH].[HH].[HH]. The molecule has 10 heteroatoms. The van der Waals surface area contributed by atoms with E-state index in [1.165, 1.54) is 11.8 Å². The van der Waals surface area contributed by atoms with Crippen LogP contribution in [-0.2, 0) is 14.4 Å². The molecule has 2 unspecified atom stereocenters. The summed E-state index contributed by atoms with van der Waals surface area (Å²) in [7, 11) is 0. The van der Waals surface area contributed by atoms with Crippen molar-refractivity contribution in [2.75, 3.05) is 49.9 Å². The van der Waals surface area contributed by atoms with E-state index in [0.717, 1.165) is 37.5 Å². The van der Waals surface area contributed by atoms with E-state index < -0.39 is 16.5 Å². The lowest BCUT2D eigenvalue weighted by Gasteiger charge is -2.29. The van der Waals surface area contributed by atoms with Gasteiger partial charge in [0.2, 0.25) is 17.7 Å². The van der Waals surface area contributed by atoms with E-state index in [0.29, 0.717) is 31.9 Å². The maximum absolute atomic E-state index is 13.0. The van der Waals surface area contributed by atoms with Crippen LogP contribution in [0, 0.1) is 23.2 Å². The van der Waals surface area contributed by atoms with Gasteiger partial charge in [-0.25, -0.2) is 0 Å². The summed E-state index contributed by atoms with van der Waals surface area (Å²) in [6.07, 6.45) is 2.25. The normalized spacial score (nSPS) is 21.9. The van der Waals surface area contributed by atoms with E-state index in [-0.39, 0.29) is 22.0 Å². The Morgan fingerprint density at radius 3 is 2.63 bits per heavy atom. The minimum Gasteiger partial charge on any atom is -0.383 e. The average Bonchev–Trinajstić information content (AvgIpc) is 3.15. The van der Waals surface area contributed by atoms with Crippen LogP contribution in [0.15, 0.2) is 24.3 Å². The van der Waals surface area contributed by atoms with Crippen molar-refractivity contribution in [2.24, 2.45) is 11.8 Å². The summed E-state index contributed by atoms with van der Waals surface area (Å²) in [6, 6.07) is 9.50. The molecule has 2 fully saturated rings. The fourth-order valence-electron chi connectivity index (χ4n) is 4.42. The number of nitrogens with zero attached hydrogens (tertiary/aromatic N) is 3. The Bertz CT molecular complexity index is 959. The summed E-state index contributed by atoms with van der Waals surface area (Å²) in [5, 5.41) is 17.6. The van der Waals surface area contributed by atoms with Gasteiger partial charge in [0.25, 0.3) is 0 Å². The van der Waals surface area contributed by atoms with Crippen LogP contribution in [0.2, 0.25) is 0 Å². The number of carbonyl (C=O) groups excluding carboxylic acids is 3. The number of nitriles is 1. The molecule has 2 aliphatic rings. The van der Waals surface area contributed by atoms with Gasteiger partial charge in [0.05, 0.1) is 12.6 Å². The number of hydrogen-bond donors (Lipinski definition) is 3. The van der Waals surface area contributed by atoms with Crippen molar-refractivity contribution in [2.45, 2.75) is 44.2 Å². The van der Waals surface area contributed by atoms with E-state index in [1.54, 1.807) is 11.8 Å². The maximum atomic E-state index is 13.0. The predicted molar refractivity (Wildman–Crippen MR) is 145 cm³/mol. The van der Waals surface area contributed by atoms with Crippen molar-refractivity contribution in [3.8, 4) is 6.07 Å². The molecule has 1 aromatic carbocycles. The summed E-state index contributed by atoms with van der Waals surface area (Å²) in [5.41, 5.74) is 1.49. The Morgan fingerprint density at radius 2 is 1.97 bits per heavy atom. The molecule has 0 spiro atoms. The lowest BCUT2D eigenvalue weighted by molar-refractivity contribution is -0.131. The number of nitrogens with one attached hydrogen (secondary N) is 3. The van der Waals surface area contributed by atoms with Gasteiger partial charge in [-0.1, -0.05) is 13.0 Å². The van der Waals surface area contributed by atoms with Gasteiger partial charge >= 0.3 is 0 Å². The summed E-state index contributed by atoms with van der Waals surface area (Å²) in [6.45, 7) is 9.41. The first-order valence-corrected chi connectivity index (χ1v) is 13.3. The first-order valence-electron chi connectivity index (χ1n) is 12.4. The topological polar surface area (TPSA) is 118 Å². The molecule has 9 nitrogen and oxygen atoms in total. The number of amides is 3. The van der Waals surface area contributed by atoms with Crippen molar-refractivity contribution in [1.29, 1.82) is 5.26 Å². The predicted octanol–water partition coefficient (Wildman–Crippen LogP) is 3.07. The van der Waals surface area contributed by atoms with Crippen molar-refractivity contribution in [3.05, 3.63) is 24.3 Å². The molecule has 3 N–H and O–H groups in total. The third-order valence-corrected chi connectivity index (χ3v) is 7.95. The second kappa shape index (κ2) is 12.8. The number of anilines is 2. The molecular formula is C25H42N6O3S. The van der Waals surface area contributed by atoms with E-state index in [1.807, 2.05) is 31.2 Å². The smallest absolute Gasteiger partial charge is 0.240 e. The fraction of sp³-hybridized carbons (Fsp3) is 0.600. The van der Waals surface area contributed by atoms with Crippen LogP contribution in [0.4, 0.5) is 11.4 Å². The summed E-state index contributed by atoms with van der Waals surface area (Å²) in [5.74, 6) is -0.668. The van der Waals surface area contributed by atoms with Crippen molar-refractivity contribution >= 4 is 40.9 Å². The molecule has 2 aliphatic heterocycles. The van der Waals surface area contributed by atoms with Crippen LogP contribution in [0.1, 0.15) is 37.9 Å². The molecule has 0 aromatic heterocycles. The van der Waals surface area contributed by atoms with Crippen LogP contribution in [0.3, 0.4) is 0 Å². The number of likely N-dealkylation sites (tertiary alicyclic amines) is 1. The number of carbonyl (C=O) groups is 3. The van der Waals surface area contributed by atoms with Crippen LogP contribution >= 0.6 is 11.8 Å². The highest BCUT2D eigenvalue weighted by molar-refractivity contribution is 8.01. The highest BCUT2D eigenvalue weighted by Gasteiger charge is 2.45. The molecule has 2 saturated heterocycles. The highest BCUT2D eigenvalue weighted by Crippen LogP contribution is 2.36. The molecule has 35 heavy (non-hydrogen) atoms. The molecule has 0 saturated carbocycles. The number of hydrogen-bond acceptors (Lipinski definition) is 7. The molecule has 196 valence electrons. The third-order valence-electron chi connectivity index (χ3n) is 6.45. The van der Waals surface area contributed by atoms with Crippen LogP contribution in [0.25, 0.3) is 0 Å². The van der Waals surface area contributed by atoms with Crippen molar-refractivity contribution in [1.82, 2.24) is 15.1 Å². The summed E-state index contributed by atoms with van der Waals surface area (Å²) >= 11 is 1.35. The summed E-state index contributed by atoms with van der Waals surface area (Å²) in [4.78, 5) is 41.6. The van der Waals surface area contributed by atoms with Gasteiger partial charge in [-0.15, -0.1) is 11.8 Å². The van der Waals surface area contributed by atoms with E-state index in [2.05, 4.69) is 33.8 Å². The lowest BCUT2D eigenvalue weighted by Crippen LogP contribution is -2.44. The Labute approximate surface area is 216 Å². The van der Waals surface area contributed by atoms with Gasteiger partial charge < -0.3 is 20.9 Å². The molecule has 1 aromatic rings. The molecule has 0 radical (unpaired) electrons. The van der Waals surface area contributed by atoms with Gasteiger partial charge in [0, 0.05) is 35.3 Å². The van der Waals surface area contributed by atoms with Crippen LogP contribution in [0.5, 0.6) is 0 Å². The minimum atomic E-state index is -0.921. The first kappa shape index (κ1) is 26.8. The number of thioether (sulfide) groups is 1. The monoisotopic (exact) mass is 506 g/mol. The van der Waals surface area contributed by atoms with Crippen molar-refractivity contribution < 1.29 is 18.7 Å². The second-order valence-corrected chi connectivity index (χ2v) is 10.4. The van der Waals surface area contributed by atoms with E-state index in [4.69, 9.17) is 0 Å². The number of piperidine rings is 1. The molecule has 0 bridgehead atoms. The Kier molecular flexibility index (Phi) is 9.81. The Balaban J connectivity index is 0.00000456. The molecule has 3 amide bonds. The van der Waals surface area contributed by atoms with Crippen LogP contribution in [-0.4, -0.2) is 77.4 Å². The average molecular weight is 507 g/mol. The Morgan fingerprint density at radius 1 is 1.26 bits per heavy atom. The number of benzene rings is 1. The maximum Gasteiger partial charge on any atom is 0.240 e. The quantitative estimate of drug-likeness (QED) is 0.446. The van der Waals surface area contributed by atoms with Crippen LogP contribution < -0.4 is 16.0 Å². The highest BCUT2D eigenvalue weighted by atomic mass is 32.2. The molecule has 3 rings (SSSR count). The Hall–Kier alpha value is -2.77. The van der Waals surface area contributed by atoms with Gasteiger partial charge in [-0.2, -0.15) is 5.26 Å². The molecule has 2 heterocycles. The first-order chi connectivity index (χ1) is 16.9. The third kappa shape index (κ3) is 7.12. The minimum absolute atomic E-state index is 0. The zero-order valence-corrected chi connectivity index (χ0v) is 21.6. The van der Waals surface area contributed by atoms with E-state index >= 15 is 0 Å². The van der Waals surface area contributed by atoms with Gasteiger partial charge in [-0.05, 0) is 63.9 Å². The molecule has 0 aliphatic carbocycles. The van der Waals surface area contributed by atoms with Gasteiger partial charge in [0.15, 0.2) is 5.92 Å². The molecular weight excluding hydrogens is 464 g/mol. The van der Waals surface area contributed by atoms with Crippen molar-refractivity contribution in [3.63, 3.8) is 0 Å². The number of rotatable bonds is 10. The van der Waals surface area contributed by atoms with Gasteiger partial charge in [0.1, 0.15) is 10.6 Å².